The van der Waals surface area contributed by atoms with Crippen molar-refractivity contribution in [1.82, 2.24) is 0 Å². The number of benzene rings is 1. The van der Waals surface area contributed by atoms with Crippen molar-refractivity contribution in [2.24, 2.45) is 5.73 Å². The molecule has 0 aromatic heterocycles. The highest BCUT2D eigenvalue weighted by atomic mass is 35.5. The van der Waals surface area contributed by atoms with Crippen LogP contribution in [0.1, 0.15) is 5.56 Å². The summed E-state index contributed by atoms with van der Waals surface area (Å²) in [6, 6.07) is 7.17. The summed E-state index contributed by atoms with van der Waals surface area (Å²) in [5.41, 5.74) is 6.09. The van der Waals surface area contributed by atoms with Crippen LogP contribution < -0.4 is 5.73 Å². The fourth-order valence-electron chi connectivity index (χ4n) is 1.15. The quantitative estimate of drug-likeness (QED) is 0.794. The van der Waals surface area contributed by atoms with Crippen LogP contribution in [0.15, 0.2) is 24.3 Å². The second kappa shape index (κ2) is 6.48. The van der Waals surface area contributed by atoms with E-state index in [2.05, 4.69) is 0 Å². The zero-order chi connectivity index (χ0) is 12.0. The predicted molar refractivity (Wildman–Crippen MR) is 61.1 cm³/mol. The number of rotatable bonds is 5. The molecule has 1 rings (SSSR count). The Morgan fingerprint density at radius 3 is 2.75 bits per heavy atom. The summed E-state index contributed by atoms with van der Waals surface area (Å²) in [6.07, 6.45) is -0.720. The standard InChI is InChI=1S/C11H14ClNO3/c1-15-10(6-13)11(14)16-7-8-4-2-3-5-9(8)12/h2-5,10H,6-7,13H2,1H3. The average Bonchev–Trinajstić information content (AvgIpc) is 2.29. The van der Waals surface area contributed by atoms with Gasteiger partial charge in [0.1, 0.15) is 6.61 Å². The molecule has 0 aliphatic rings. The van der Waals surface area contributed by atoms with Crippen molar-refractivity contribution in [2.75, 3.05) is 13.7 Å². The van der Waals surface area contributed by atoms with Crippen molar-refractivity contribution in [3.63, 3.8) is 0 Å². The molecule has 2 N–H and O–H groups in total. The second-order valence-electron chi connectivity index (χ2n) is 3.16. The summed E-state index contributed by atoms with van der Waals surface area (Å²) in [5.74, 6) is -0.482. The van der Waals surface area contributed by atoms with Crippen molar-refractivity contribution >= 4 is 17.6 Å². The van der Waals surface area contributed by atoms with Gasteiger partial charge < -0.3 is 15.2 Å². The van der Waals surface area contributed by atoms with Crippen molar-refractivity contribution < 1.29 is 14.3 Å². The van der Waals surface area contributed by atoms with Crippen LogP contribution in [0.2, 0.25) is 5.02 Å². The van der Waals surface area contributed by atoms with Crippen LogP contribution in [0, 0.1) is 0 Å². The molecular weight excluding hydrogens is 230 g/mol. The molecule has 0 fully saturated rings. The van der Waals surface area contributed by atoms with E-state index in [1.165, 1.54) is 7.11 Å². The molecule has 4 nitrogen and oxygen atoms in total. The van der Waals surface area contributed by atoms with Crippen LogP contribution in [0.4, 0.5) is 0 Å². The molecule has 0 spiro atoms. The maximum absolute atomic E-state index is 11.4. The van der Waals surface area contributed by atoms with E-state index in [-0.39, 0.29) is 13.2 Å². The number of hydrogen-bond acceptors (Lipinski definition) is 4. The first-order valence-electron chi connectivity index (χ1n) is 4.82. The summed E-state index contributed by atoms with van der Waals surface area (Å²) in [4.78, 5) is 11.4. The molecule has 5 heteroatoms. The molecule has 16 heavy (non-hydrogen) atoms. The molecule has 1 atom stereocenters. The van der Waals surface area contributed by atoms with E-state index in [0.29, 0.717) is 5.02 Å². The first kappa shape index (κ1) is 13.0. The van der Waals surface area contributed by atoms with Crippen LogP contribution in [0.25, 0.3) is 0 Å². The van der Waals surface area contributed by atoms with Gasteiger partial charge in [0.25, 0.3) is 0 Å². The summed E-state index contributed by atoms with van der Waals surface area (Å²) in [6.45, 7) is 0.218. The van der Waals surface area contributed by atoms with E-state index in [0.717, 1.165) is 5.56 Å². The van der Waals surface area contributed by atoms with Gasteiger partial charge >= 0.3 is 5.97 Å². The van der Waals surface area contributed by atoms with Gasteiger partial charge in [-0.2, -0.15) is 0 Å². The third kappa shape index (κ3) is 3.48. The van der Waals surface area contributed by atoms with Crippen molar-refractivity contribution in [3.05, 3.63) is 34.9 Å². The van der Waals surface area contributed by atoms with E-state index in [9.17, 15) is 4.79 Å². The van der Waals surface area contributed by atoms with Gasteiger partial charge in [-0.3, -0.25) is 0 Å². The van der Waals surface area contributed by atoms with E-state index >= 15 is 0 Å². The highest BCUT2D eigenvalue weighted by Crippen LogP contribution is 2.15. The number of esters is 1. The Balaban J connectivity index is 2.52. The molecule has 0 aliphatic carbocycles. The third-order valence-electron chi connectivity index (χ3n) is 2.09. The van der Waals surface area contributed by atoms with E-state index < -0.39 is 12.1 Å². The number of ether oxygens (including phenoxy) is 2. The Bertz CT molecular complexity index is 353. The lowest BCUT2D eigenvalue weighted by molar-refractivity contribution is -0.156. The number of halogens is 1. The van der Waals surface area contributed by atoms with Gasteiger partial charge in [0.15, 0.2) is 6.10 Å². The maximum Gasteiger partial charge on any atom is 0.336 e. The highest BCUT2D eigenvalue weighted by Gasteiger charge is 2.17. The largest absolute Gasteiger partial charge is 0.459 e. The summed E-state index contributed by atoms with van der Waals surface area (Å²) >= 11 is 5.91. The van der Waals surface area contributed by atoms with Crippen LogP contribution in [0.5, 0.6) is 0 Å². The summed E-state index contributed by atoms with van der Waals surface area (Å²) in [5, 5.41) is 0.567. The lowest BCUT2D eigenvalue weighted by atomic mass is 10.2. The minimum atomic E-state index is -0.720. The second-order valence-corrected chi connectivity index (χ2v) is 3.57. The topological polar surface area (TPSA) is 61.5 Å². The van der Waals surface area contributed by atoms with Crippen molar-refractivity contribution in [1.29, 1.82) is 0 Å². The molecule has 0 amide bonds. The van der Waals surface area contributed by atoms with Gasteiger partial charge in [0.05, 0.1) is 0 Å². The van der Waals surface area contributed by atoms with Gasteiger partial charge in [0.2, 0.25) is 0 Å². The summed E-state index contributed by atoms with van der Waals surface area (Å²) in [7, 11) is 1.41. The molecule has 1 aromatic carbocycles. The zero-order valence-electron chi connectivity index (χ0n) is 8.98. The summed E-state index contributed by atoms with van der Waals surface area (Å²) < 4.78 is 9.87. The van der Waals surface area contributed by atoms with Gasteiger partial charge in [-0.25, -0.2) is 4.79 Å². The van der Waals surface area contributed by atoms with Crippen LogP contribution in [0.3, 0.4) is 0 Å². The lowest BCUT2D eigenvalue weighted by Gasteiger charge is -2.12. The molecule has 1 unspecified atom stereocenters. The fraction of sp³-hybridized carbons (Fsp3) is 0.364. The van der Waals surface area contributed by atoms with Gasteiger partial charge in [0, 0.05) is 24.2 Å². The SMILES string of the molecule is COC(CN)C(=O)OCc1ccccc1Cl. The minimum Gasteiger partial charge on any atom is -0.459 e. The predicted octanol–water partition coefficient (Wildman–Crippen LogP) is 1.36. The zero-order valence-corrected chi connectivity index (χ0v) is 9.74. The number of nitrogens with two attached hydrogens (primary N) is 1. The van der Waals surface area contributed by atoms with Gasteiger partial charge in [-0.1, -0.05) is 29.8 Å². The molecule has 0 heterocycles. The van der Waals surface area contributed by atoms with Crippen molar-refractivity contribution in [2.45, 2.75) is 12.7 Å². The van der Waals surface area contributed by atoms with Crippen LogP contribution in [-0.2, 0) is 20.9 Å². The van der Waals surface area contributed by atoms with Gasteiger partial charge in [-0.05, 0) is 6.07 Å². The molecule has 1 aromatic rings. The molecule has 0 radical (unpaired) electrons. The van der Waals surface area contributed by atoms with E-state index in [1.807, 2.05) is 12.1 Å². The third-order valence-corrected chi connectivity index (χ3v) is 2.46. The highest BCUT2D eigenvalue weighted by molar-refractivity contribution is 6.31. The monoisotopic (exact) mass is 243 g/mol. The number of methoxy groups -OCH3 is 1. The van der Waals surface area contributed by atoms with Gasteiger partial charge in [-0.15, -0.1) is 0 Å². The van der Waals surface area contributed by atoms with E-state index in [1.54, 1.807) is 12.1 Å². The molecule has 88 valence electrons. The van der Waals surface area contributed by atoms with Crippen molar-refractivity contribution in [3.8, 4) is 0 Å². The average molecular weight is 244 g/mol. The fourth-order valence-corrected chi connectivity index (χ4v) is 1.34. The molecule has 0 bridgehead atoms. The lowest BCUT2D eigenvalue weighted by Crippen LogP contribution is -2.32. The van der Waals surface area contributed by atoms with Crippen LogP contribution in [-0.4, -0.2) is 25.7 Å². The Morgan fingerprint density at radius 1 is 1.50 bits per heavy atom. The smallest absolute Gasteiger partial charge is 0.336 e. The minimum absolute atomic E-state index is 0.0951. The first-order chi connectivity index (χ1) is 7.69. The number of carbonyl (C=O) groups excluding carboxylic acids is 1. The first-order valence-corrected chi connectivity index (χ1v) is 5.19. The van der Waals surface area contributed by atoms with E-state index in [4.69, 9.17) is 26.8 Å². The number of hydrogen-bond donors (Lipinski definition) is 1. The number of carbonyl (C=O) groups is 1. The Kier molecular flexibility index (Phi) is 5.25. The Labute approximate surface area is 99.3 Å². The molecule has 0 saturated carbocycles. The molecule has 0 aliphatic heterocycles. The Morgan fingerprint density at radius 2 is 2.19 bits per heavy atom. The normalized spacial score (nSPS) is 12.2. The van der Waals surface area contributed by atoms with Crippen LogP contribution >= 0.6 is 11.6 Å². The maximum atomic E-state index is 11.4. The Hall–Kier alpha value is -1.10. The molecule has 0 saturated heterocycles. The molecular formula is C11H14ClNO3.